The molecule has 2 heterocycles. The van der Waals surface area contributed by atoms with Gasteiger partial charge in [0.2, 0.25) is 0 Å². The van der Waals surface area contributed by atoms with Crippen molar-refractivity contribution in [2.24, 2.45) is 0 Å². The van der Waals surface area contributed by atoms with Gasteiger partial charge >= 0.3 is 0 Å². The highest BCUT2D eigenvalue weighted by atomic mass is 15.0. The summed E-state index contributed by atoms with van der Waals surface area (Å²) >= 11 is 0. The summed E-state index contributed by atoms with van der Waals surface area (Å²) in [4.78, 5) is 10.8. The van der Waals surface area contributed by atoms with Gasteiger partial charge in [-0.05, 0) is 51.6 Å². The van der Waals surface area contributed by atoms with Crippen molar-refractivity contribution >= 4 is 21.8 Å². The molecule has 2 aliphatic rings. The molecule has 0 aliphatic heterocycles. The summed E-state index contributed by atoms with van der Waals surface area (Å²) in [5.74, 6) is 0.749. The number of hydrogen-bond donors (Lipinski definition) is 0. The molecule has 8 aromatic rings. The molecule has 0 saturated heterocycles. The van der Waals surface area contributed by atoms with Crippen LogP contribution in [-0.4, -0.2) is 14.5 Å². The molecule has 0 atom stereocenters. The van der Waals surface area contributed by atoms with Crippen LogP contribution in [0.3, 0.4) is 0 Å². The highest BCUT2D eigenvalue weighted by Gasteiger charge is 2.40. The number of hydrogen-bond acceptors (Lipinski definition) is 2. The van der Waals surface area contributed by atoms with Crippen molar-refractivity contribution in [2.75, 3.05) is 0 Å². The first kappa shape index (κ1) is 28.2. The molecular formula is C46H35N3. The normalized spacial score (nSPS) is 14.9. The van der Waals surface area contributed by atoms with Crippen LogP contribution in [0, 0.1) is 0 Å². The summed E-state index contributed by atoms with van der Waals surface area (Å²) in [6, 6.07) is 50.5. The Morgan fingerprint density at radius 2 is 1.18 bits per heavy atom. The van der Waals surface area contributed by atoms with Crippen molar-refractivity contribution in [2.45, 2.75) is 38.5 Å². The van der Waals surface area contributed by atoms with Gasteiger partial charge in [0.15, 0.2) is 5.82 Å². The molecule has 6 aromatic carbocycles. The van der Waals surface area contributed by atoms with Crippen molar-refractivity contribution in [1.29, 1.82) is 0 Å². The minimum absolute atomic E-state index is 0.149. The van der Waals surface area contributed by atoms with Crippen molar-refractivity contribution < 1.29 is 0 Å². The molecule has 3 nitrogen and oxygen atoms in total. The summed E-state index contributed by atoms with van der Waals surface area (Å²) in [6.07, 6.45) is 0. The van der Waals surface area contributed by atoms with E-state index in [2.05, 4.69) is 172 Å². The minimum Gasteiger partial charge on any atom is -0.309 e. The zero-order valence-electron chi connectivity index (χ0n) is 28.1. The van der Waals surface area contributed by atoms with Crippen LogP contribution in [0.5, 0.6) is 0 Å². The first-order valence-electron chi connectivity index (χ1n) is 17.2. The van der Waals surface area contributed by atoms with Crippen molar-refractivity contribution in [3.05, 3.63) is 162 Å². The van der Waals surface area contributed by atoms with Crippen LogP contribution in [0.1, 0.15) is 50.1 Å². The second-order valence-corrected chi connectivity index (χ2v) is 14.6. The van der Waals surface area contributed by atoms with Crippen LogP contribution < -0.4 is 0 Å². The van der Waals surface area contributed by atoms with Crippen LogP contribution >= 0.6 is 0 Å². The third kappa shape index (κ3) is 3.79. The van der Waals surface area contributed by atoms with Gasteiger partial charge in [-0.2, -0.15) is 0 Å². The lowest BCUT2D eigenvalue weighted by Crippen LogP contribution is -2.17. The standard InChI is InChI=1S/C46H35N3/c1-45(2)36-22-11-8-19-31(36)33-25-26-34-32-20-10-13-24-38(32)49(42(34)40(33)45)30-18-14-17-29(27-30)44-47-41(28-15-6-5-7-16-28)39-35-21-9-12-23-37(35)46(3,4)43(39)48-44/h5-27H,1-4H3. The van der Waals surface area contributed by atoms with Crippen LogP contribution in [0.4, 0.5) is 0 Å². The SMILES string of the molecule is CC1(C)c2ccccc2-c2c(-c3ccccc3)nc(-c3cccc(-n4c5ccccc5c5ccc6c(c54)C(C)(C)c4ccccc4-6)c3)nc21. The van der Waals surface area contributed by atoms with E-state index in [1.807, 2.05) is 0 Å². The number of nitrogens with zero attached hydrogens (tertiary/aromatic N) is 3. The average Bonchev–Trinajstić information content (AvgIpc) is 3.69. The van der Waals surface area contributed by atoms with Crippen molar-refractivity contribution in [3.8, 4) is 50.6 Å². The Kier molecular flexibility index (Phi) is 5.69. The van der Waals surface area contributed by atoms with E-state index in [4.69, 9.17) is 9.97 Å². The van der Waals surface area contributed by atoms with Gasteiger partial charge in [-0.25, -0.2) is 9.97 Å². The molecule has 0 N–H and O–H groups in total. The van der Waals surface area contributed by atoms with Crippen LogP contribution in [0.25, 0.3) is 72.4 Å². The van der Waals surface area contributed by atoms with Gasteiger partial charge in [-0.3, -0.25) is 0 Å². The zero-order valence-corrected chi connectivity index (χ0v) is 28.1. The lowest BCUT2D eigenvalue weighted by molar-refractivity contribution is 0.636. The van der Waals surface area contributed by atoms with Crippen molar-refractivity contribution in [1.82, 2.24) is 14.5 Å². The van der Waals surface area contributed by atoms with E-state index < -0.39 is 0 Å². The molecular weight excluding hydrogens is 595 g/mol. The van der Waals surface area contributed by atoms with E-state index in [9.17, 15) is 0 Å². The quantitative estimate of drug-likeness (QED) is 0.195. The molecule has 2 aromatic heterocycles. The van der Waals surface area contributed by atoms with E-state index in [-0.39, 0.29) is 10.8 Å². The maximum absolute atomic E-state index is 5.41. The van der Waals surface area contributed by atoms with E-state index in [1.54, 1.807) is 0 Å². The minimum atomic E-state index is -0.251. The topological polar surface area (TPSA) is 30.7 Å². The third-order valence-electron chi connectivity index (χ3n) is 11.1. The molecule has 0 bridgehead atoms. The number of benzene rings is 6. The van der Waals surface area contributed by atoms with E-state index in [1.165, 1.54) is 55.2 Å². The number of para-hydroxylation sites is 1. The average molecular weight is 630 g/mol. The van der Waals surface area contributed by atoms with Crippen LogP contribution in [0.2, 0.25) is 0 Å². The highest BCUT2D eigenvalue weighted by Crippen LogP contribution is 2.54. The lowest BCUT2D eigenvalue weighted by Gasteiger charge is -2.24. The molecule has 234 valence electrons. The third-order valence-corrected chi connectivity index (χ3v) is 11.1. The van der Waals surface area contributed by atoms with Gasteiger partial charge in [-0.15, -0.1) is 0 Å². The molecule has 0 radical (unpaired) electrons. The highest BCUT2D eigenvalue weighted by molar-refractivity contribution is 6.13. The Morgan fingerprint density at radius 3 is 2.00 bits per heavy atom. The summed E-state index contributed by atoms with van der Waals surface area (Å²) in [7, 11) is 0. The largest absolute Gasteiger partial charge is 0.309 e. The summed E-state index contributed by atoms with van der Waals surface area (Å²) < 4.78 is 2.48. The monoisotopic (exact) mass is 629 g/mol. The predicted molar refractivity (Wildman–Crippen MR) is 202 cm³/mol. The molecule has 0 saturated carbocycles. The Morgan fingerprint density at radius 1 is 0.510 bits per heavy atom. The predicted octanol–water partition coefficient (Wildman–Crippen LogP) is 11.5. The molecule has 2 aliphatic carbocycles. The van der Waals surface area contributed by atoms with Crippen LogP contribution in [-0.2, 0) is 10.8 Å². The molecule has 10 rings (SSSR count). The Labute approximate surface area is 286 Å². The molecule has 3 heteroatoms. The van der Waals surface area contributed by atoms with Crippen molar-refractivity contribution in [3.63, 3.8) is 0 Å². The number of rotatable bonds is 3. The summed E-state index contributed by atoms with van der Waals surface area (Å²) in [6.45, 7) is 9.33. The Balaban J connectivity index is 1.24. The van der Waals surface area contributed by atoms with Gasteiger partial charge in [0.25, 0.3) is 0 Å². The van der Waals surface area contributed by atoms with Gasteiger partial charge in [0.05, 0.1) is 22.4 Å². The summed E-state index contributed by atoms with van der Waals surface area (Å²) in [5.41, 5.74) is 16.4. The first-order valence-corrected chi connectivity index (χ1v) is 17.2. The maximum atomic E-state index is 5.41. The lowest BCUT2D eigenvalue weighted by atomic mass is 9.81. The second-order valence-electron chi connectivity index (χ2n) is 14.6. The van der Waals surface area contributed by atoms with Gasteiger partial charge in [0, 0.05) is 44.0 Å². The van der Waals surface area contributed by atoms with Gasteiger partial charge in [-0.1, -0.05) is 149 Å². The van der Waals surface area contributed by atoms with E-state index >= 15 is 0 Å². The fourth-order valence-electron chi connectivity index (χ4n) is 8.84. The molecule has 0 unspecified atom stereocenters. The summed E-state index contributed by atoms with van der Waals surface area (Å²) in [5, 5.41) is 2.54. The van der Waals surface area contributed by atoms with Gasteiger partial charge in [0.1, 0.15) is 0 Å². The molecule has 49 heavy (non-hydrogen) atoms. The fraction of sp³-hybridized carbons (Fsp3) is 0.130. The molecule has 0 spiro atoms. The van der Waals surface area contributed by atoms with Gasteiger partial charge < -0.3 is 4.57 Å². The van der Waals surface area contributed by atoms with Crippen LogP contribution in [0.15, 0.2) is 140 Å². The maximum Gasteiger partial charge on any atom is 0.160 e. The fourth-order valence-corrected chi connectivity index (χ4v) is 8.84. The second kappa shape index (κ2) is 9.87. The first-order chi connectivity index (χ1) is 23.8. The Bertz CT molecular complexity index is 2660. The Hall–Kier alpha value is -5.80. The van der Waals surface area contributed by atoms with E-state index in [0.717, 1.165) is 39.6 Å². The van der Waals surface area contributed by atoms with E-state index in [0.29, 0.717) is 0 Å². The molecule has 0 fully saturated rings. The smallest absolute Gasteiger partial charge is 0.160 e. The zero-order chi connectivity index (χ0) is 33.1. The molecule has 0 amide bonds. The number of fused-ring (bicyclic) bond motifs is 10. The number of aromatic nitrogens is 3.